The second-order valence-electron chi connectivity index (χ2n) is 0. The van der Waals surface area contributed by atoms with E-state index in [2.05, 4.69) is 0 Å². The van der Waals surface area contributed by atoms with Gasteiger partial charge in [0.2, 0.25) is 0 Å². The van der Waals surface area contributed by atoms with Gasteiger partial charge in [0.25, 0.3) is 0 Å². The first-order chi connectivity index (χ1) is 0. The third-order valence-electron chi connectivity index (χ3n) is 0. The summed E-state index contributed by atoms with van der Waals surface area (Å²) in [6.07, 6.45) is 0. The molecule has 8 nitrogen and oxygen atoms in total. The number of nitrogens with zero attached hydrogens (tertiary/aromatic N) is 8. The standard InChI is InChI=1S/3Fe.8N.3Ta/q3*+3;8*-3;3*+5. The first-order valence-electron chi connectivity index (χ1n) is 0. The minimum Gasteiger partial charge on any atom is -3.00 e. The summed E-state index contributed by atoms with van der Waals surface area (Å²) < 4.78 is 0. The molecule has 0 N–H and O–H groups in total. The summed E-state index contributed by atoms with van der Waals surface area (Å²) in [5.41, 5.74) is 0. The summed E-state index contributed by atoms with van der Waals surface area (Å²) in [5.74, 6) is 0. The molecule has 0 aliphatic carbocycles. The van der Waals surface area contributed by atoms with Gasteiger partial charge in [0.05, 0.1) is 0 Å². The molecule has 0 spiro atoms. The summed E-state index contributed by atoms with van der Waals surface area (Å²) in [4.78, 5) is 0. The molecule has 0 atom stereocenters. The molecule has 0 aliphatic heterocycles. The third kappa shape index (κ3) is 270. The summed E-state index contributed by atoms with van der Waals surface area (Å²) in [6, 6.07) is 0. The molecule has 0 aromatic rings. The van der Waals surface area contributed by atoms with Crippen molar-refractivity contribution in [2.24, 2.45) is 0 Å². The SMILES string of the molecule is [Fe+3].[Fe+3].[Fe+3].[N-3].[N-3].[N-3].[N-3].[N-3].[N-3].[N-3].[N-3].[Ta+5].[Ta+5].[Ta+5]. The number of rotatable bonds is 0. The van der Waals surface area contributed by atoms with Gasteiger partial charge in [-0.3, -0.25) is 0 Å². The van der Waals surface area contributed by atoms with Crippen LogP contribution in [0.25, 0.3) is 49.2 Å². The van der Waals surface area contributed by atoms with Crippen LogP contribution in [0.2, 0.25) is 0 Å². The molecule has 14 heavy (non-hydrogen) atoms. The summed E-state index contributed by atoms with van der Waals surface area (Å²) >= 11 is 0. The Morgan fingerprint density at radius 2 is 0.214 bits per heavy atom. The maximum Gasteiger partial charge on any atom is 5.00 e. The molecule has 3 radical (unpaired) electrons. The Morgan fingerprint density at radius 1 is 0.214 bits per heavy atom. The number of hydrogen-bond acceptors (Lipinski definition) is 0. The van der Waals surface area contributed by atoms with Crippen molar-refractivity contribution in [2.75, 3.05) is 0 Å². The minimum atomic E-state index is 0. The van der Waals surface area contributed by atoms with Crippen LogP contribution in [0.3, 0.4) is 0 Å². The largest absolute Gasteiger partial charge is 5.00 e. The summed E-state index contributed by atoms with van der Waals surface area (Å²) in [5, 5.41) is 0. The van der Waals surface area contributed by atoms with Crippen LogP contribution in [0, 0.1) is 0 Å². The third-order valence-corrected chi connectivity index (χ3v) is 0. The zero-order valence-electron chi connectivity index (χ0n) is 5.98. The molecular formula is Fe3N8Ta3. The molecule has 0 aromatic heterocycles. The van der Waals surface area contributed by atoms with Crippen LogP contribution in [-0.2, 0) is 118 Å². The van der Waals surface area contributed by atoms with E-state index in [-0.39, 0.29) is 168 Å². The summed E-state index contributed by atoms with van der Waals surface area (Å²) in [7, 11) is 0. The second-order valence-corrected chi connectivity index (χ2v) is 0. The van der Waals surface area contributed by atoms with E-state index in [1.165, 1.54) is 0 Å². The van der Waals surface area contributed by atoms with Crippen molar-refractivity contribution in [3.63, 3.8) is 0 Å². The van der Waals surface area contributed by atoms with Crippen molar-refractivity contribution in [1.82, 2.24) is 0 Å². The monoisotopic (exact) mass is 823 g/mol. The van der Waals surface area contributed by atoms with Crippen LogP contribution in [0.15, 0.2) is 0 Å². The molecule has 0 aromatic carbocycles. The van der Waals surface area contributed by atoms with Gasteiger partial charge in [0.1, 0.15) is 0 Å². The van der Waals surface area contributed by atoms with E-state index >= 15 is 0 Å². The average molecular weight is 822 g/mol. The van der Waals surface area contributed by atoms with Gasteiger partial charge in [-0.15, -0.1) is 0 Å². The molecule has 0 heterocycles. The van der Waals surface area contributed by atoms with E-state index in [1.807, 2.05) is 0 Å². The maximum absolute atomic E-state index is 0. The van der Waals surface area contributed by atoms with Crippen LogP contribution in [0.1, 0.15) is 0 Å². The van der Waals surface area contributed by atoms with Gasteiger partial charge in [-0.05, 0) is 0 Å². The number of hydrogen-bond donors (Lipinski definition) is 0. The van der Waals surface area contributed by atoms with Crippen LogP contribution in [0.5, 0.6) is 0 Å². The molecular weight excluding hydrogens is 822 g/mol. The van der Waals surface area contributed by atoms with Crippen molar-refractivity contribution in [2.45, 2.75) is 0 Å². The van der Waals surface area contributed by atoms with Crippen molar-refractivity contribution >= 4 is 0 Å². The zero-order valence-corrected chi connectivity index (χ0v) is 18.9. The molecule has 14 heteroatoms. The topological polar surface area (TPSA) is 244 Å². The molecule has 0 unspecified atom stereocenters. The predicted octanol–water partition coefficient (Wildman–Crippen LogP) is 2.29. The molecule has 0 saturated heterocycles. The van der Waals surface area contributed by atoms with Gasteiger partial charge >= 0.3 is 118 Å². The predicted molar refractivity (Wildman–Crippen MR) is 26.9 cm³/mol. The van der Waals surface area contributed by atoms with Gasteiger partial charge in [-0.2, -0.15) is 0 Å². The minimum absolute atomic E-state index is 0. The Morgan fingerprint density at radius 3 is 0.214 bits per heavy atom. The maximum atomic E-state index is 0. The van der Waals surface area contributed by atoms with E-state index in [0.29, 0.717) is 0 Å². The Balaban J connectivity index is 0. The fourth-order valence-corrected chi connectivity index (χ4v) is 0. The Kier molecular flexibility index (Phi) is 9280. The van der Waals surface area contributed by atoms with Gasteiger partial charge in [0, 0.05) is 0 Å². The van der Waals surface area contributed by atoms with Crippen molar-refractivity contribution in [3.8, 4) is 0 Å². The van der Waals surface area contributed by atoms with E-state index in [9.17, 15) is 0 Å². The fraction of sp³-hybridized carbons (Fsp3) is 0. The van der Waals surface area contributed by atoms with Gasteiger partial charge in [0.15, 0.2) is 0 Å². The molecule has 0 rings (SSSR count). The summed E-state index contributed by atoms with van der Waals surface area (Å²) in [6.45, 7) is 0. The van der Waals surface area contributed by atoms with Gasteiger partial charge in [-0.25, -0.2) is 0 Å². The Bertz CT molecular complexity index is 19.8. The van der Waals surface area contributed by atoms with Crippen molar-refractivity contribution in [1.29, 1.82) is 0 Å². The smallest absolute Gasteiger partial charge is 3.00 e. The average Bonchev–Trinajstić information content (AvgIpc) is 0. The Hall–Kier alpha value is 3.46. The van der Waals surface area contributed by atoms with E-state index in [4.69, 9.17) is 0 Å². The van der Waals surface area contributed by atoms with Gasteiger partial charge in [-0.1, -0.05) is 0 Å². The van der Waals surface area contributed by atoms with E-state index in [0.717, 1.165) is 0 Å². The van der Waals surface area contributed by atoms with Crippen molar-refractivity contribution in [3.05, 3.63) is 49.2 Å². The first kappa shape index (κ1) is 395. The normalized spacial score (nSPS) is 0. The van der Waals surface area contributed by atoms with E-state index < -0.39 is 0 Å². The Labute approximate surface area is 165 Å². The second kappa shape index (κ2) is 329. The molecule has 79 valence electrons. The first-order valence-corrected chi connectivity index (χ1v) is 0. The quantitative estimate of drug-likeness (QED) is 0.320. The van der Waals surface area contributed by atoms with Crippen molar-refractivity contribution < 1.29 is 118 Å². The molecule has 0 bridgehead atoms. The zero-order chi connectivity index (χ0) is 0. The van der Waals surface area contributed by atoms with Crippen LogP contribution in [0.4, 0.5) is 0 Å². The van der Waals surface area contributed by atoms with E-state index in [1.54, 1.807) is 0 Å². The molecule has 0 saturated carbocycles. The molecule has 0 aliphatic rings. The fourth-order valence-electron chi connectivity index (χ4n) is 0. The van der Waals surface area contributed by atoms with Crippen LogP contribution >= 0.6 is 0 Å². The van der Waals surface area contributed by atoms with Crippen LogP contribution < -0.4 is 0 Å². The van der Waals surface area contributed by atoms with Gasteiger partial charge < -0.3 is 49.2 Å². The molecule has 0 amide bonds. The molecule has 0 fully saturated rings. The van der Waals surface area contributed by atoms with Crippen LogP contribution in [-0.4, -0.2) is 0 Å².